The topological polar surface area (TPSA) is 53.8 Å². The van der Waals surface area contributed by atoms with Crippen molar-refractivity contribution in [1.82, 2.24) is 5.32 Å². The zero-order chi connectivity index (χ0) is 17.4. The third-order valence-corrected chi connectivity index (χ3v) is 5.06. The molecule has 1 N–H and O–H groups in total. The summed E-state index contributed by atoms with van der Waals surface area (Å²) in [6.45, 7) is 2.11. The van der Waals surface area contributed by atoms with Crippen LogP contribution in [0.3, 0.4) is 0 Å². The molecule has 4 nitrogen and oxygen atoms in total. The van der Waals surface area contributed by atoms with Gasteiger partial charge in [-0.25, -0.2) is 0 Å². The van der Waals surface area contributed by atoms with E-state index < -0.39 is 5.76 Å². The molecule has 1 aromatic carbocycles. The van der Waals surface area contributed by atoms with Crippen LogP contribution in [-0.2, 0) is 11.2 Å². The quantitative estimate of drug-likeness (QED) is 0.321. The Hall–Kier alpha value is -1.41. The second kappa shape index (κ2) is 9.78. The number of unbranched alkanes of at least 4 members (excludes halogenated alkanes) is 2. The summed E-state index contributed by atoms with van der Waals surface area (Å²) < 4.78 is 24.6. The van der Waals surface area contributed by atoms with Gasteiger partial charge in [0.05, 0.1) is 5.25 Å². The van der Waals surface area contributed by atoms with Crippen molar-refractivity contribution >= 4 is 40.8 Å². The fraction of sp³-hybridized carbons (Fsp3) is 0.438. The first-order valence-corrected chi connectivity index (χ1v) is 9.45. The Morgan fingerprint density at radius 2 is 2.12 bits per heavy atom. The number of nitrogens with zero attached hydrogens (tertiary/aromatic N) is 2. The van der Waals surface area contributed by atoms with Crippen molar-refractivity contribution in [2.75, 3.05) is 0 Å². The Labute approximate surface area is 148 Å². The standard InChI is InChI=1S/C16H19F2N3OS2/c1-2-3-4-9-19-21-16-20-14(22)13(24-16)10-11-5-7-12(8-6-11)23-15(17)18/h5-9,13,15H,2-4,10H2,1H3,(H,20,21,22). The van der Waals surface area contributed by atoms with Crippen molar-refractivity contribution in [3.8, 4) is 0 Å². The van der Waals surface area contributed by atoms with Crippen LogP contribution in [0.4, 0.5) is 8.78 Å². The van der Waals surface area contributed by atoms with Gasteiger partial charge in [-0.1, -0.05) is 49.0 Å². The number of halogens is 2. The molecule has 1 fully saturated rings. The normalized spacial score (nSPS) is 19.6. The van der Waals surface area contributed by atoms with Crippen LogP contribution in [0.5, 0.6) is 0 Å². The summed E-state index contributed by atoms with van der Waals surface area (Å²) in [5.41, 5.74) is 0.925. The Balaban J connectivity index is 1.87. The molecule has 0 spiro atoms. The number of carbonyl (C=O) groups excluding carboxylic acids is 1. The smallest absolute Gasteiger partial charge is 0.288 e. The molecule has 1 amide bonds. The number of nitrogens with one attached hydrogen (secondary N) is 1. The van der Waals surface area contributed by atoms with Crippen LogP contribution >= 0.6 is 23.5 Å². The lowest BCUT2D eigenvalue weighted by atomic mass is 10.1. The van der Waals surface area contributed by atoms with Crippen LogP contribution in [0.2, 0.25) is 0 Å². The van der Waals surface area contributed by atoms with Gasteiger partial charge in [0, 0.05) is 11.1 Å². The Morgan fingerprint density at radius 3 is 2.79 bits per heavy atom. The summed E-state index contributed by atoms with van der Waals surface area (Å²) in [6, 6.07) is 6.85. The van der Waals surface area contributed by atoms with E-state index in [2.05, 4.69) is 22.4 Å². The Morgan fingerprint density at radius 1 is 1.38 bits per heavy atom. The summed E-state index contributed by atoms with van der Waals surface area (Å²) in [5.74, 6) is -2.53. The number of rotatable bonds is 8. The van der Waals surface area contributed by atoms with Gasteiger partial charge in [0.2, 0.25) is 5.91 Å². The predicted molar refractivity (Wildman–Crippen MR) is 97.0 cm³/mol. The maximum atomic E-state index is 12.3. The van der Waals surface area contributed by atoms with Gasteiger partial charge in [-0.15, -0.1) is 5.10 Å². The molecule has 1 aliphatic heterocycles. The fourth-order valence-corrected chi connectivity index (χ4v) is 3.52. The molecule has 130 valence electrons. The lowest BCUT2D eigenvalue weighted by Gasteiger charge is -2.06. The van der Waals surface area contributed by atoms with Crippen LogP contribution in [0.1, 0.15) is 31.7 Å². The van der Waals surface area contributed by atoms with Crippen LogP contribution in [0.15, 0.2) is 39.4 Å². The van der Waals surface area contributed by atoms with E-state index in [9.17, 15) is 13.6 Å². The van der Waals surface area contributed by atoms with E-state index in [1.165, 1.54) is 11.8 Å². The van der Waals surface area contributed by atoms with E-state index in [0.717, 1.165) is 24.8 Å². The monoisotopic (exact) mass is 371 g/mol. The fourth-order valence-electron chi connectivity index (χ4n) is 2.05. The molecule has 2 rings (SSSR count). The van der Waals surface area contributed by atoms with Crippen LogP contribution in [0, 0.1) is 0 Å². The number of alkyl halides is 2. The zero-order valence-electron chi connectivity index (χ0n) is 13.2. The number of carbonyl (C=O) groups is 1. The molecule has 0 radical (unpaired) electrons. The van der Waals surface area contributed by atoms with Crippen LogP contribution in [0.25, 0.3) is 0 Å². The molecule has 0 bridgehead atoms. The molecule has 1 atom stereocenters. The number of amidine groups is 1. The number of thioether (sulfide) groups is 2. The van der Waals surface area contributed by atoms with E-state index in [1.807, 2.05) is 0 Å². The van der Waals surface area contributed by atoms with Crippen LogP contribution in [-0.4, -0.2) is 28.3 Å². The van der Waals surface area contributed by atoms with Crippen molar-refractivity contribution < 1.29 is 13.6 Å². The minimum atomic E-state index is -2.43. The molecular formula is C16H19F2N3OS2. The van der Waals surface area contributed by atoms with Crippen molar-refractivity contribution in [3.63, 3.8) is 0 Å². The highest BCUT2D eigenvalue weighted by atomic mass is 32.2. The summed E-state index contributed by atoms with van der Waals surface area (Å²) in [5, 5.41) is 10.9. The van der Waals surface area contributed by atoms with Crippen molar-refractivity contribution in [2.45, 2.75) is 48.5 Å². The van der Waals surface area contributed by atoms with E-state index in [0.29, 0.717) is 28.2 Å². The molecule has 0 aliphatic carbocycles. The Kier molecular flexibility index (Phi) is 7.71. The first kappa shape index (κ1) is 18.9. The third-order valence-electron chi connectivity index (χ3n) is 3.26. The maximum absolute atomic E-state index is 12.3. The first-order chi connectivity index (χ1) is 11.6. The largest absolute Gasteiger partial charge is 0.303 e. The number of benzene rings is 1. The minimum Gasteiger partial charge on any atom is -0.303 e. The average molecular weight is 371 g/mol. The van der Waals surface area contributed by atoms with Crippen molar-refractivity contribution in [1.29, 1.82) is 0 Å². The first-order valence-electron chi connectivity index (χ1n) is 7.69. The van der Waals surface area contributed by atoms with E-state index in [1.54, 1.807) is 30.5 Å². The summed E-state index contributed by atoms with van der Waals surface area (Å²) in [4.78, 5) is 12.5. The van der Waals surface area contributed by atoms with E-state index >= 15 is 0 Å². The lowest BCUT2D eigenvalue weighted by molar-refractivity contribution is -0.118. The van der Waals surface area contributed by atoms with Gasteiger partial charge in [0.1, 0.15) is 0 Å². The molecule has 24 heavy (non-hydrogen) atoms. The van der Waals surface area contributed by atoms with Gasteiger partial charge in [-0.2, -0.15) is 13.9 Å². The lowest BCUT2D eigenvalue weighted by Crippen LogP contribution is -2.25. The molecule has 1 aromatic rings. The van der Waals surface area contributed by atoms with E-state index in [4.69, 9.17) is 0 Å². The van der Waals surface area contributed by atoms with Gasteiger partial charge < -0.3 is 5.32 Å². The van der Waals surface area contributed by atoms with Gasteiger partial charge in [0.25, 0.3) is 5.76 Å². The highest BCUT2D eigenvalue weighted by Gasteiger charge is 2.30. The number of hydrogen-bond donors (Lipinski definition) is 1. The second-order valence-electron chi connectivity index (χ2n) is 5.17. The van der Waals surface area contributed by atoms with Gasteiger partial charge >= 0.3 is 0 Å². The molecular weight excluding hydrogens is 352 g/mol. The van der Waals surface area contributed by atoms with Crippen LogP contribution < -0.4 is 5.32 Å². The maximum Gasteiger partial charge on any atom is 0.288 e. The van der Waals surface area contributed by atoms with Gasteiger partial charge in [-0.3, -0.25) is 4.79 Å². The molecule has 1 aliphatic rings. The van der Waals surface area contributed by atoms with Crippen molar-refractivity contribution in [3.05, 3.63) is 29.8 Å². The highest BCUT2D eigenvalue weighted by molar-refractivity contribution is 8.15. The van der Waals surface area contributed by atoms with E-state index in [-0.39, 0.29) is 11.2 Å². The summed E-state index contributed by atoms with van der Waals surface area (Å²) in [7, 11) is 0. The molecule has 1 heterocycles. The summed E-state index contributed by atoms with van der Waals surface area (Å²) in [6.07, 6.45) is 5.31. The van der Waals surface area contributed by atoms with Gasteiger partial charge in [-0.05, 0) is 37.0 Å². The van der Waals surface area contributed by atoms with Gasteiger partial charge in [0.15, 0.2) is 5.17 Å². The minimum absolute atomic E-state index is 0.103. The average Bonchev–Trinajstić information content (AvgIpc) is 2.88. The Bertz CT molecular complexity index is 606. The second-order valence-corrected chi connectivity index (χ2v) is 7.42. The molecule has 1 unspecified atom stereocenters. The molecule has 1 saturated heterocycles. The number of amides is 1. The highest BCUT2D eigenvalue weighted by Crippen LogP contribution is 2.27. The SMILES string of the molecule is CCCCC=NN=C1NC(=O)C(Cc2ccc(SC(F)F)cc2)S1. The predicted octanol–water partition coefficient (Wildman–Crippen LogP) is 4.31. The number of hydrogen-bond acceptors (Lipinski definition) is 5. The third kappa shape index (κ3) is 6.24. The summed E-state index contributed by atoms with van der Waals surface area (Å²) >= 11 is 1.86. The van der Waals surface area contributed by atoms with Crippen molar-refractivity contribution in [2.24, 2.45) is 10.2 Å². The molecule has 0 saturated carbocycles. The molecule has 0 aromatic heterocycles. The zero-order valence-corrected chi connectivity index (χ0v) is 14.9. The molecule has 8 heteroatoms.